The molecule has 0 unspecified atom stereocenters. The average molecular weight is 496 g/mol. The van der Waals surface area contributed by atoms with Crippen molar-refractivity contribution in [2.24, 2.45) is 0 Å². The zero-order valence-electron chi connectivity index (χ0n) is 19.2. The number of halogens is 1. The minimum absolute atomic E-state index is 0.0735. The molecular formula is C23H30ClN3O5S. The molecule has 2 amide bonds. The maximum absolute atomic E-state index is 13.1. The lowest BCUT2D eigenvalue weighted by Gasteiger charge is -2.29. The molecule has 2 rings (SSSR count). The lowest BCUT2D eigenvalue weighted by Crippen LogP contribution is -2.46. The minimum atomic E-state index is -3.61. The van der Waals surface area contributed by atoms with Gasteiger partial charge >= 0.3 is 0 Å². The third-order valence-corrected chi connectivity index (χ3v) is 6.67. The Balaban J connectivity index is 2.15. The molecule has 0 aliphatic rings. The van der Waals surface area contributed by atoms with E-state index in [4.69, 9.17) is 16.3 Å². The summed E-state index contributed by atoms with van der Waals surface area (Å²) in [6, 6.07) is 13.4. The highest BCUT2D eigenvalue weighted by molar-refractivity contribution is 7.92. The molecule has 0 spiro atoms. The minimum Gasteiger partial charge on any atom is -0.495 e. The number of nitrogens with zero attached hydrogens (tertiary/aromatic N) is 2. The van der Waals surface area contributed by atoms with Crippen LogP contribution in [0.3, 0.4) is 0 Å². The molecule has 0 aromatic heterocycles. The lowest BCUT2D eigenvalue weighted by atomic mass is 10.1. The highest BCUT2D eigenvalue weighted by atomic mass is 35.5. The molecule has 2 aromatic rings. The molecule has 10 heteroatoms. The van der Waals surface area contributed by atoms with Crippen molar-refractivity contribution in [1.29, 1.82) is 0 Å². The van der Waals surface area contributed by atoms with E-state index in [1.54, 1.807) is 19.1 Å². The van der Waals surface area contributed by atoms with Gasteiger partial charge in [-0.3, -0.25) is 13.9 Å². The van der Waals surface area contributed by atoms with Crippen molar-refractivity contribution >= 4 is 39.1 Å². The van der Waals surface area contributed by atoms with Gasteiger partial charge in [-0.2, -0.15) is 0 Å². The second kappa shape index (κ2) is 11.9. The first-order valence-electron chi connectivity index (χ1n) is 10.4. The highest BCUT2D eigenvalue weighted by Crippen LogP contribution is 2.30. The number of hydrogen-bond acceptors (Lipinski definition) is 5. The van der Waals surface area contributed by atoms with Crippen LogP contribution >= 0.6 is 11.6 Å². The monoisotopic (exact) mass is 495 g/mol. The van der Waals surface area contributed by atoms with Gasteiger partial charge in [0.2, 0.25) is 21.8 Å². The van der Waals surface area contributed by atoms with Gasteiger partial charge < -0.3 is 15.0 Å². The van der Waals surface area contributed by atoms with Gasteiger partial charge in [0.1, 0.15) is 11.8 Å². The van der Waals surface area contributed by atoms with Crippen molar-refractivity contribution in [1.82, 2.24) is 10.2 Å². The Morgan fingerprint density at radius 2 is 1.82 bits per heavy atom. The Bertz CT molecular complexity index is 1060. The van der Waals surface area contributed by atoms with Crippen LogP contribution in [0.5, 0.6) is 5.75 Å². The summed E-state index contributed by atoms with van der Waals surface area (Å²) in [5.74, 6) is -0.0788. The molecule has 0 aliphatic carbocycles. The van der Waals surface area contributed by atoms with Gasteiger partial charge in [0.15, 0.2) is 0 Å². The number of sulfonamides is 1. The molecule has 2 aromatic carbocycles. The van der Waals surface area contributed by atoms with Crippen LogP contribution in [0, 0.1) is 0 Å². The fourth-order valence-electron chi connectivity index (χ4n) is 3.39. The third kappa shape index (κ3) is 7.36. The van der Waals surface area contributed by atoms with E-state index in [9.17, 15) is 18.0 Å². The van der Waals surface area contributed by atoms with Crippen molar-refractivity contribution in [3.05, 3.63) is 59.1 Å². The molecule has 0 bridgehead atoms. The van der Waals surface area contributed by atoms with Crippen LogP contribution in [0.4, 0.5) is 5.69 Å². The summed E-state index contributed by atoms with van der Waals surface area (Å²) in [6.45, 7) is 2.03. The second-order valence-corrected chi connectivity index (χ2v) is 9.87. The Kier molecular flexibility index (Phi) is 9.55. The summed E-state index contributed by atoms with van der Waals surface area (Å²) in [5, 5.41) is 2.86. The zero-order chi connectivity index (χ0) is 24.6. The van der Waals surface area contributed by atoms with E-state index in [1.807, 2.05) is 30.3 Å². The van der Waals surface area contributed by atoms with Crippen LogP contribution in [-0.4, -0.2) is 58.1 Å². The molecule has 0 aliphatic heterocycles. The highest BCUT2D eigenvalue weighted by Gasteiger charge is 2.26. The Hall–Kier alpha value is -2.78. The summed E-state index contributed by atoms with van der Waals surface area (Å²) >= 11 is 6.16. The van der Waals surface area contributed by atoms with E-state index in [-0.39, 0.29) is 42.8 Å². The topological polar surface area (TPSA) is 96.0 Å². The van der Waals surface area contributed by atoms with Crippen molar-refractivity contribution < 1.29 is 22.7 Å². The van der Waals surface area contributed by atoms with Crippen LogP contribution in [-0.2, 0) is 26.2 Å². The first kappa shape index (κ1) is 26.5. The molecule has 1 N–H and O–H groups in total. The molecule has 0 saturated heterocycles. The van der Waals surface area contributed by atoms with Crippen molar-refractivity contribution in [3.8, 4) is 5.75 Å². The maximum atomic E-state index is 13.1. The number of amides is 2. The number of anilines is 1. The Morgan fingerprint density at radius 1 is 1.15 bits per heavy atom. The predicted octanol–water partition coefficient (Wildman–Crippen LogP) is 3.06. The number of rotatable bonds is 11. The van der Waals surface area contributed by atoms with Gasteiger partial charge in [0.25, 0.3) is 0 Å². The summed E-state index contributed by atoms with van der Waals surface area (Å²) in [4.78, 5) is 26.8. The lowest BCUT2D eigenvalue weighted by molar-refractivity contribution is -0.140. The summed E-state index contributed by atoms with van der Waals surface area (Å²) in [6.07, 6.45) is 1.44. The average Bonchev–Trinajstić information content (AvgIpc) is 2.79. The number of likely N-dealkylation sites (N-methyl/N-ethyl adjacent to an activating group) is 1. The zero-order valence-corrected chi connectivity index (χ0v) is 20.8. The van der Waals surface area contributed by atoms with Crippen LogP contribution in [0.2, 0.25) is 5.02 Å². The number of ether oxygens (including phenoxy) is 1. The summed E-state index contributed by atoms with van der Waals surface area (Å²) < 4.78 is 31.1. The Morgan fingerprint density at radius 3 is 2.36 bits per heavy atom. The molecule has 1 atom stereocenters. The molecule has 180 valence electrons. The normalized spacial score (nSPS) is 12.0. The number of methoxy groups -OCH3 is 1. The van der Waals surface area contributed by atoms with Crippen LogP contribution in [0.15, 0.2) is 48.5 Å². The van der Waals surface area contributed by atoms with Gasteiger partial charge in [-0.1, -0.05) is 41.9 Å². The smallest absolute Gasteiger partial charge is 0.242 e. The standard InChI is InChI=1S/C23H30ClN3O5S/c1-17(23(29)25-2)26(16-18-9-6-5-7-10-18)22(28)11-8-14-27(33(4,30)31)19-12-13-21(32-3)20(24)15-19/h5-7,9-10,12-13,15,17H,8,11,14,16H2,1-4H3,(H,25,29)/t17-/m1/s1. The van der Waals surface area contributed by atoms with E-state index in [0.29, 0.717) is 11.4 Å². The predicted molar refractivity (Wildman–Crippen MR) is 130 cm³/mol. The number of carbonyl (C=O) groups excluding carboxylic acids is 2. The molecule has 33 heavy (non-hydrogen) atoms. The van der Waals surface area contributed by atoms with Crippen LogP contribution in [0.1, 0.15) is 25.3 Å². The van der Waals surface area contributed by atoms with Crippen LogP contribution in [0.25, 0.3) is 0 Å². The van der Waals surface area contributed by atoms with Gasteiger partial charge in [0, 0.05) is 26.6 Å². The molecule has 8 nitrogen and oxygen atoms in total. The van der Waals surface area contributed by atoms with E-state index in [1.165, 1.54) is 29.4 Å². The quantitative estimate of drug-likeness (QED) is 0.517. The van der Waals surface area contributed by atoms with Gasteiger partial charge in [-0.05, 0) is 37.1 Å². The fourth-order valence-corrected chi connectivity index (χ4v) is 4.60. The second-order valence-electron chi connectivity index (χ2n) is 7.55. The first-order valence-corrected chi connectivity index (χ1v) is 12.7. The number of benzene rings is 2. The molecule has 0 saturated carbocycles. The van der Waals surface area contributed by atoms with E-state index in [2.05, 4.69) is 5.32 Å². The van der Waals surface area contributed by atoms with E-state index >= 15 is 0 Å². The molecule has 0 fully saturated rings. The largest absolute Gasteiger partial charge is 0.495 e. The van der Waals surface area contributed by atoms with Crippen LogP contribution < -0.4 is 14.4 Å². The molecule has 0 heterocycles. The van der Waals surface area contributed by atoms with E-state index in [0.717, 1.165) is 11.8 Å². The number of carbonyl (C=O) groups is 2. The van der Waals surface area contributed by atoms with Crippen molar-refractivity contribution in [2.75, 3.05) is 31.3 Å². The fraction of sp³-hybridized carbons (Fsp3) is 0.391. The molecule has 0 radical (unpaired) electrons. The van der Waals surface area contributed by atoms with Crippen molar-refractivity contribution in [3.63, 3.8) is 0 Å². The first-order chi connectivity index (χ1) is 15.6. The third-order valence-electron chi connectivity index (χ3n) is 5.18. The van der Waals surface area contributed by atoms with E-state index < -0.39 is 16.1 Å². The van der Waals surface area contributed by atoms with Gasteiger partial charge in [-0.15, -0.1) is 0 Å². The Labute approximate surface area is 200 Å². The summed E-state index contributed by atoms with van der Waals surface area (Å²) in [7, 11) is -0.614. The number of nitrogens with one attached hydrogen (secondary N) is 1. The SMILES string of the molecule is CNC(=O)[C@@H](C)N(Cc1ccccc1)C(=O)CCCN(c1ccc(OC)c(Cl)c1)S(C)(=O)=O. The summed E-state index contributed by atoms with van der Waals surface area (Å²) in [5.41, 5.74) is 1.28. The van der Waals surface area contributed by atoms with Gasteiger partial charge in [0.05, 0.1) is 24.1 Å². The number of hydrogen-bond donors (Lipinski definition) is 1. The van der Waals surface area contributed by atoms with Crippen molar-refractivity contribution in [2.45, 2.75) is 32.4 Å². The molecular weight excluding hydrogens is 466 g/mol. The maximum Gasteiger partial charge on any atom is 0.242 e. The van der Waals surface area contributed by atoms with Gasteiger partial charge in [-0.25, -0.2) is 8.42 Å².